The largest absolute Gasteiger partial charge is 0.356 e. The van der Waals surface area contributed by atoms with Crippen LogP contribution in [0, 0.1) is 5.92 Å². The molecular formula is C11H21N5O. The van der Waals surface area contributed by atoms with E-state index in [0.717, 1.165) is 18.7 Å². The highest BCUT2D eigenvalue weighted by molar-refractivity contribution is 5.75. The fraction of sp³-hybridized carbons (Fsp3) is 0.727. The van der Waals surface area contributed by atoms with Gasteiger partial charge in [-0.3, -0.25) is 9.89 Å². The van der Waals surface area contributed by atoms with E-state index >= 15 is 0 Å². The fourth-order valence-corrected chi connectivity index (χ4v) is 1.57. The molecular weight excluding hydrogens is 218 g/mol. The summed E-state index contributed by atoms with van der Waals surface area (Å²) in [5, 5.41) is 9.35. The third-order valence-corrected chi connectivity index (χ3v) is 2.67. The van der Waals surface area contributed by atoms with Gasteiger partial charge in [0.25, 0.3) is 0 Å². The number of hydrogen-bond acceptors (Lipinski definition) is 4. The molecule has 0 spiro atoms. The monoisotopic (exact) mass is 239 g/mol. The molecule has 17 heavy (non-hydrogen) atoms. The molecule has 0 aliphatic rings. The second-order valence-electron chi connectivity index (χ2n) is 4.25. The van der Waals surface area contributed by atoms with E-state index in [2.05, 4.69) is 27.4 Å². The molecule has 6 heteroatoms. The van der Waals surface area contributed by atoms with Crippen LogP contribution in [0.4, 0.5) is 0 Å². The van der Waals surface area contributed by atoms with E-state index in [0.29, 0.717) is 31.8 Å². The highest BCUT2D eigenvalue weighted by Gasteiger charge is 2.06. The summed E-state index contributed by atoms with van der Waals surface area (Å²) < 4.78 is 0. The van der Waals surface area contributed by atoms with Gasteiger partial charge in [-0.2, -0.15) is 5.10 Å². The zero-order valence-electron chi connectivity index (χ0n) is 10.3. The Morgan fingerprint density at radius 3 is 3.06 bits per heavy atom. The normalized spacial score (nSPS) is 12.4. The highest BCUT2D eigenvalue weighted by Crippen LogP contribution is 2.08. The molecule has 0 aromatic carbocycles. The Kier molecular flexibility index (Phi) is 6.24. The van der Waals surface area contributed by atoms with E-state index in [4.69, 9.17) is 5.73 Å². The Morgan fingerprint density at radius 2 is 2.41 bits per heavy atom. The van der Waals surface area contributed by atoms with Crippen molar-refractivity contribution in [2.24, 2.45) is 11.7 Å². The minimum absolute atomic E-state index is 0.0911. The Morgan fingerprint density at radius 1 is 1.59 bits per heavy atom. The molecule has 0 aliphatic heterocycles. The Hall–Kier alpha value is -1.43. The van der Waals surface area contributed by atoms with Gasteiger partial charge in [0.2, 0.25) is 5.91 Å². The van der Waals surface area contributed by atoms with Gasteiger partial charge in [0.05, 0.1) is 0 Å². The number of amides is 1. The van der Waals surface area contributed by atoms with E-state index in [1.165, 1.54) is 6.33 Å². The standard InChI is InChI=1S/C11H21N5O/c1-9(4-6-12)2-3-11(17)13-7-5-10-14-8-15-16-10/h8-9H,2-7,12H2,1H3,(H,13,17)(H,14,15,16). The summed E-state index contributed by atoms with van der Waals surface area (Å²) in [4.78, 5) is 15.5. The van der Waals surface area contributed by atoms with Crippen molar-refractivity contribution in [3.05, 3.63) is 12.2 Å². The summed E-state index contributed by atoms with van der Waals surface area (Å²) in [5.41, 5.74) is 5.45. The van der Waals surface area contributed by atoms with Crippen LogP contribution in [0.1, 0.15) is 32.0 Å². The van der Waals surface area contributed by atoms with E-state index in [1.54, 1.807) is 0 Å². The fourth-order valence-electron chi connectivity index (χ4n) is 1.57. The summed E-state index contributed by atoms with van der Waals surface area (Å²) in [5.74, 6) is 1.40. The van der Waals surface area contributed by atoms with E-state index in [-0.39, 0.29) is 5.91 Å². The predicted octanol–water partition coefficient (Wildman–Crippen LogP) is 0.229. The first-order valence-electron chi connectivity index (χ1n) is 6.03. The lowest BCUT2D eigenvalue weighted by molar-refractivity contribution is -0.121. The first-order valence-corrected chi connectivity index (χ1v) is 6.03. The van der Waals surface area contributed by atoms with Crippen molar-refractivity contribution in [2.45, 2.75) is 32.6 Å². The van der Waals surface area contributed by atoms with Crippen LogP contribution in [0.15, 0.2) is 6.33 Å². The van der Waals surface area contributed by atoms with Crippen molar-refractivity contribution < 1.29 is 4.79 Å². The van der Waals surface area contributed by atoms with Gasteiger partial charge in [-0.1, -0.05) is 6.92 Å². The van der Waals surface area contributed by atoms with Crippen molar-refractivity contribution in [2.75, 3.05) is 13.1 Å². The van der Waals surface area contributed by atoms with E-state index in [1.807, 2.05) is 0 Å². The number of nitrogens with two attached hydrogens (primary N) is 1. The number of nitrogens with one attached hydrogen (secondary N) is 2. The minimum atomic E-state index is 0.0911. The van der Waals surface area contributed by atoms with Crippen LogP contribution in [0.5, 0.6) is 0 Å². The molecule has 1 amide bonds. The molecule has 1 aromatic heterocycles. The Balaban J connectivity index is 2.05. The van der Waals surface area contributed by atoms with Gasteiger partial charge >= 0.3 is 0 Å². The van der Waals surface area contributed by atoms with Gasteiger partial charge in [-0.05, 0) is 25.3 Å². The lowest BCUT2D eigenvalue weighted by atomic mass is 10.0. The highest BCUT2D eigenvalue weighted by atomic mass is 16.1. The molecule has 1 unspecified atom stereocenters. The number of nitrogens with zero attached hydrogens (tertiary/aromatic N) is 2. The second kappa shape index (κ2) is 7.78. The summed E-state index contributed by atoms with van der Waals surface area (Å²) >= 11 is 0. The van der Waals surface area contributed by atoms with Crippen molar-refractivity contribution in [1.29, 1.82) is 0 Å². The maximum absolute atomic E-state index is 11.5. The zero-order chi connectivity index (χ0) is 12.5. The number of H-pyrrole nitrogens is 1. The van der Waals surface area contributed by atoms with Crippen molar-refractivity contribution >= 4 is 5.91 Å². The quantitative estimate of drug-likeness (QED) is 0.605. The molecule has 96 valence electrons. The van der Waals surface area contributed by atoms with Crippen LogP contribution in [0.25, 0.3) is 0 Å². The minimum Gasteiger partial charge on any atom is -0.356 e. The van der Waals surface area contributed by atoms with Gasteiger partial charge in [0.15, 0.2) is 0 Å². The van der Waals surface area contributed by atoms with Gasteiger partial charge in [0, 0.05) is 19.4 Å². The molecule has 1 rings (SSSR count). The van der Waals surface area contributed by atoms with Crippen LogP contribution in [-0.2, 0) is 11.2 Å². The van der Waals surface area contributed by atoms with Crippen molar-refractivity contribution in [3.8, 4) is 0 Å². The average Bonchev–Trinajstić information content (AvgIpc) is 2.80. The van der Waals surface area contributed by atoms with Gasteiger partial charge in [0.1, 0.15) is 12.2 Å². The van der Waals surface area contributed by atoms with Crippen LogP contribution in [-0.4, -0.2) is 34.2 Å². The first-order chi connectivity index (χ1) is 8.22. The van der Waals surface area contributed by atoms with Crippen LogP contribution in [0.3, 0.4) is 0 Å². The number of aromatic amines is 1. The maximum Gasteiger partial charge on any atom is 0.220 e. The topological polar surface area (TPSA) is 96.7 Å². The lowest BCUT2D eigenvalue weighted by Crippen LogP contribution is -2.26. The average molecular weight is 239 g/mol. The number of aromatic nitrogens is 3. The molecule has 0 aliphatic carbocycles. The smallest absolute Gasteiger partial charge is 0.220 e. The van der Waals surface area contributed by atoms with Crippen LogP contribution >= 0.6 is 0 Å². The molecule has 4 N–H and O–H groups in total. The molecule has 0 fully saturated rings. The van der Waals surface area contributed by atoms with E-state index < -0.39 is 0 Å². The summed E-state index contributed by atoms with van der Waals surface area (Å²) in [6.45, 7) is 3.40. The van der Waals surface area contributed by atoms with E-state index in [9.17, 15) is 4.79 Å². The molecule has 0 radical (unpaired) electrons. The second-order valence-corrected chi connectivity index (χ2v) is 4.25. The van der Waals surface area contributed by atoms with Gasteiger partial charge < -0.3 is 11.1 Å². The van der Waals surface area contributed by atoms with Crippen molar-refractivity contribution in [3.63, 3.8) is 0 Å². The zero-order valence-corrected chi connectivity index (χ0v) is 10.3. The Labute approximate surface area is 101 Å². The predicted molar refractivity (Wildman–Crippen MR) is 65.2 cm³/mol. The molecule has 1 aromatic rings. The molecule has 1 heterocycles. The summed E-state index contributed by atoms with van der Waals surface area (Å²) in [6.07, 6.45) is 4.59. The number of hydrogen-bond donors (Lipinski definition) is 3. The molecule has 0 saturated carbocycles. The number of carbonyl (C=O) groups excluding carboxylic acids is 1. The summed E-state index contributed by atoms with van der Waals surface area (Å²) in [7, 11) is 0. The third-order valence-electron chi connectivity index (χ3n) is 2.67. The molecule has 1 atom stereocenters. The summed E-state index contributed by atoms with van der Waals surface area (Å²) in [6, 6.07) is 0. The van der Waals surface area contributed by atoms with Crippen molar-refractivity contribution in [1.82, 2.24) is 20.5 Å². The maximum atomic E-state index is 11.5. The van der Waals surface area contributed by atoms with Gasteiger partial charge in [-0.25, -0.2) is 4.98 Å². The number of carbonyl (C=O) groups is 1. The molecule has 6 nitrogen and oxygen atoms in total. The van der Waals surface area contributed by atoms with Crippen LogP contribution in [0.2, 0.25) is 0 Å². The number of rotatable bonds is 8. The van der Waals surface area contributed by atoms with Gasteiger partial charge in [-0.15, -0.1) is 0 Å². The lowest BCUT2D eigenvalue weighted by Gasteiger charge is -2.09. The Bertz CT molecular complexity index is 312. The molecule has 0 saturated heterocycles. The first kappa shape index (κ1) is 13.6. The third kappa shape index (κ3) is 6.01. The molecule has 0 bridgehead atoms. The SMILES string of the molecule is CC(CCN)CCC(=O)NCCc1ncn[nH]1. The van der Waals surface area contributed by atoms with Crippen LogP contribution < -0.4 is 11.1 Å².